The molecule has 1 aromatic rings. The second-order valence-corrected chi connectivity index (χ2v) is 5.79. The van der Waals surface area contributed by atoms with E-state index in [1.165, 1.54) is 12.3 Å². The lowest BCUT2D eigenvalue weighted by atomic mass is 9.96. The number of carbonyl (C=O) groups excluding carboxylic acids is 1. The second-order valence-electron chi connectivity index (χ2n) is 5.79. The van der Waals surface area contributed by atoms with Gasteiger partial charge >= 0.3 is 0 Å². The summed E-state index contributed by atoms with van der Waals surface area (Å²) in [6.45, 7) is 6.70. The number of pyridine rings is 1. The zero-order valence-corrected chi connectivity index (χ0v) is 13.0. The van der Waals surface area contributed by atoms with Crippen LogP contribution in [0.5, 0.6) is 0 Å². The maximum absolute atomic E-state index is 14.5. The topological polar surface area (TPSA) is 45.2 Å². The number of halogens is 1. The Bertz CT molecular complexity index is 496. The number of piperidine rings is 1. The van der Waals surface area contributed by atoms with Crippen molar-refractivity contribution in [2.45, 2.75) is 58.5 Å². The summed E-state index contributed by atoms with van der Waals surface area (Å²) >= 11 is 0. The first-order valence-electron chi connectivity index (χ1n) is 7.77. The van der Waals surface area contributed by atoms with Gasteiger partial charge in [-0.15, -0.1) is 0 Å². The van der Waals surface area contributed by atoms with Gasteiger partial charge in [-0.05, 0) is 45.6 Å². The molecule has 1 N–H and O–H groups in total. The molecule has 2 heterocycles. The van der Waals surface area contributed by atoms with Gasteiger partial charge in [0.2, 0.25) is 0 Å². The Balaban J connectivity index is 2.26. The van der Waals surface area contributed by atoms with Crippen LogP contribution in [0.4, 0.5) is 10.2 Å². The molecule has 1 saturated heterocycles. The number of amides is 1. The standard InChI is InChI=1S/C16H24FN3O/c1-4-9-18-15-14(17)13(8-10-19-15)16(21)20-11(2)6-5-7-12(20)3/h8,10-12H,4-7,9H2,1-3H3,(H,18,19). The van der Waals surface area contributed by atoms with Crippen LogP contribution in [0, 0.1) is 5.82 Å². The third-order valence-electron chi connectivity index (χ3n) is 4.09. The lowest BCUT2D eigenvalue weighted by molar-refractivity contribution is 0.0506. The van der Waals surface area contributed by atoms with E-state index in [-0.39, 0.29) is 29.4 Å². The predicted octanol–water partition coefficient (Wildman–Crippen LogP) is 3.45. The molecule has 0 saturated carbocycles. The first kappa shape index (κ1) is 15.7. The first-order chi connectivity index (χ1) is 10.1. The molecular weight excluding hydrogens is 269 g/mol. The second kappa shape index (κ2) is 6.87. The zero-order valence-electron chi connectivity index (χ0n) is 13.0. The molecule has 0 spiro atoms. The monoisotopic (exact) mass is 293 g/mol. The van der Waals surface area contributed by atoms with Gasteiger partial charge in [-0.25, -0.2) is 9.37 Å². The molecule has 1 amide bonds. The zero-order chi connectivity index (χ0) is 15.4. The third kappa shape index (κ3) is 3.34. The Morgan fingerprint density at radius 1 is 1.43 bits per heavy atom. The van der Waals surface area contributed by atoms with Crippen LogP contribution in [0.25, 0.3) is 0 Å². The van der Waals surface area contributed by atoms with E-state index in [2.05, 4.69) is 10.3 Å². The lowest BCUT2D eigenvalue weighted by Crippen LogP contribution is -2.47. The minimum atomic E-state index is -0.541. The van der Waals surface area contributed by atoms with Crippen LogP contribution >= 0.6 is 0 Å². The molecule has 21 heavy (non-hydrogen) atoms. The number of anilines is 1. The molecule has 1 aromatic heterocycles. The minimum absolute atomic E-state index is 0.115. The van der Waals surface area contributed by atoms with Gasteiger partial charge in [-0.1, -0.05) is 6.92 Å². The van der Waals surface area contributed by atoms with Crippen molar-refractivity contribution in [1.29, 1.82) is 0 Å². The van der Waals surface area contributed by atoms with Gasteiger partial charge in [-0.3, -0.25) is 4.79 Å². The molecule has 1 aliphatic heterocycles. The highest BCUT2D eigenvalue weighted by atomic mass is 19.1. The highest BCUT2D eigenvalue weighted by Gasteiger charge is 2.31. The van der Waals surface area contributed by atoms with Crippen molar-refractivity contribution in [3.63, 3.8) is 0 Å². The van der Waals surface area contributed by atoms with Gasteiger partial charge in [0.15, 0.2) is 11.6 Å². The van der Waals surface area contributed by atoms with E-state index >= 15 is 0 Å². The van der Waals surface area contributed by atoms with Crippen LogP contribution in [0.3, 0.4) is 0 Å². The molecule has 0 bridgehead atoms. The van der Waals surface area contributed by atoms with Gasteiger partial charge in [0.05, 0.1) is 5.56 Å². The summed E-state index contributed by atoms with van der Waals surface area (Å²) in [5, 5.41) is 2.93. The SMILES string of the molecule is CCCNc1nccc(C(=O)N2C(C)CCCC2C)c1F. The van der Waals surface area contributed by atoms with Crippen molar-refractivity contribution in [1.82, 2.24) is 9.88 Å². The van der Waals surface area contributed by atoms with Crippen molar-refractivity contribution >= 4 is 11.7 Å². The largest absolute Gasteiger partial charge is 0.368 e. The molecule has 0 aromatic carbocycles. The number of likely N-dealkylation sites (tertiary alicyclic amines) is 1. The Labute approximate surface area is 125 Å². The Kier molecular flexibility index (Phi) is 5.15. The fraction of sp³-hybridized carbons (Fsp3) is 0.625. The van der Waals surface area contributed by atoms with Gasteiger partial charge in [-0.2, -0.15) is 0 Å². The third-order valence-corrected chi connectivity index (χ3v) is 4.09. The van der Waals surface area contributed by atoms with Crippen molar-refractivity contribution in [2.75, 3.05) is 11.9 Å². The van der Waals surface area contributed by atoms with E-state index < -0.39 is 5.82 Å². The smallest absolute Gasteiger partial charge is 0.257 e. The Morgan fingerprint density at radius 3 is 2.71 bits per heavy atom. The Hall–Kier alpha value is -1.65. The fourth-order valence-corrected chi connectivity index (χ4v) is 2.94. The normalized spacial score (nSPS) is 22.2. The van der Waals surface area contributed by atoms with Crippen LogP contribution in [0.1, 0.15) is 56.8 Å². The molecule has 0 aliphatic carbocycles. The number of nitrogens with zero attached hydrogens (tertiary/aromatic N) is 2. The van der Waals surface area contributed by atoms with Crippen LogP contribution in [-0.4, -0.2) is 34.4 Å². The van der Waals surface area contributed by atoms with Crippen LogP contribution < -0.4 is 5.32 Å². The number of rotatable bonds is 4. The van der Waals surface area contributed by atoms with Gasteiger partial charge < -0.3 is 10.2 Å². The number of hydrogen-bond acceptors (Lipinski definition) is 3. The highest BCUT2D eigenvalue weighted by Crippen LogP contribution is 2.26. The summed E-state index contributed by atoms with van der Waals surface area (Å²) < 4.78 is 14.5. The van der Waals surface area contributed by atoms with Crippen molar-refractivity contribution < 1.29 is 9.18 Å². The van der Waals surface area contributed by atoms with E-state index in [4.69, 9.17) is 0 Å². The Morgan fingerprint density at radius 2 is 2.10 bits per heavy atom. The number of hydrogen-bond donors (Lipinski definition) is 1. The van der Waals surface area contributed by atoms with Crippen LogP contribution in [-0.2, 0) is 0 Å². The molecule has 1 aliphatic rings. The van der Waals surface area contributed by atoms with Gasteiger partial charge in [0, 0.05) is 24.8 Å². The maximum Gasteiger partial charge on any atom is 0.257 e. The average molecular weight is 293 g/mol. The van der Waals surface area contributed by atoms with Crippen molar-refractivity contribution in [3.05, 3.63) is 23.6 Å². The van der Waals surface area contributed by atoms with E-state index in [9.17, 15) is 9.18 Å². The molecule has 4 nitrogen and oxygen atoms in total. The maximum atomic E-state index is 14.5. The molecule has 5 heteroatoms. The van der Waals surface area contributed by atoms with E-state index in [0.29, 0.717) is 6.54 Å². The average Bonchev–Trinajstić information content (AvgIpc) is 2.46. The van der Waals surface area contributed by atoms with Gasteiger partial charge in [0.1, 0.15) is 0 Å². The number of nitrogens with one attached hydrogen (secondary N) is 1. The first-order valence-corrected chi connectivity index (χ1v) is 7.77. The predicted molar refractivity (Wildman–Crippen MR) is 81.9 cm³/mol. The van der Waals surface area contributed by atoms with E-state index in [1.807, 2.05) is 25.7 Å². The number of carbonyl (C=O) groups is 1. The highest BCUT2D eigenvalue weighted by molar-refractivity contribution is 5.95. The fourth-order valence-electron chi connectivity index (χ4n) is 2.94. The quantitative estimate of drug-likeness (QED) is 0.925. The number of aromatic nitrogens is 1. The van der Waals surface area contributed by atoms with Crippen LogP contribution in [0.2, 0.25) is 0 Å². The summed E-state index contributed by atoms with van der Waals surface area (Å²) in [5.41, 5.74) is 0.115. The van der Waals surface area contributed by atoms with E-state index in [0.717, 1.165) is 25.7 Å². The summed E-state index contributed by atoms with van der Waals surface area (Å²) in [6.07, 6.45) is 5.44. The molecule has 116 valence electrons. The molecule has 1 fully saturated rings. The molecule has 2 unspecified atom stereocenters. The molecule has 2 atom stereocenters. The summed E-state index contributed by atoms with van der Waals surface area (Å²) in [5.74, 6) is -0.602. The summed E-state index contributed by atoms with van der Waals surface area (Å²) in [7, 11) is 0. The van der Waals surface area contributed by atoms with Crippen LogP contribution in [0.15, 0.2) is 12.3 Å². The lowest BCUT2D eigenvalue weighted by Gasteiger charge is -2.39. The summed E-state index contributed by atoms with van der Waals surface area (Å²) in [4.78, 5) is 18.5. The van der Waals surface area contributed by atoms with Crippen molar-refractivity contribution in [3.8, 4) is 0 Å². The van der Waals surface area contributed by atoms with E-state index in [1.54, 1.807) is 0 Å². The molecule has 2 rings (SSSR count). The molecular formula is C16H24FN3O. The van der Waals surface area contributed by atoms with Crippen molar-refractivity contribution in [2.24, 2.45) is 0 Å². The summed E-state index contributed by atoms with van der Waals surface area (Å²) in [6, 6.07) is 1.78. The van der Waals surface area contributed by atoms with Gasteiger partial charge in [0.25, 0.3) is 5.91 Å². The molecule has 0 radical (unpaired) electrons. The minimum Gasteiger partial charge on any atom is -0.368 e.